The number of hydrogen-bond acceptors (Lipinski definition) is 3. The van der Waals surface area contributed by atoms with Crippen LogP contribution in [0.2, 0.25) is 0 Å². The third kappa shape index (κ3) is 4.23. The fourth-order valence-electron chi connectivity index (χ4n) is 2.71. The summed E-state index contributed by atoms with van der Waals surface area (Å²) in [5.74, 6) is 0.776. The Morgan fingerprint density at radius 2 is 1.92 bits per heavy atom. The standard InChI is InChI=1S/C19H22N6/c1-20-19(21-2)23-11-17-5-3-4-6-18(17)16-9-7-15(8-10-16)12-25-14-22-13-24-25/h3-10,13-14H,11-12H2,1-2H3,(H2,20,21,23). The molecule has 0 aliphatic rings. The van der Waals surface area contributed by atoms with Gasteiger partial charge in [0.1, 0.15) is 12.7 Å². The van der Waals surface area contributed by atoms with Crippen molar-refractivity contribution >= 4 is 5.96 Å². The molecule has 0 fully saturated rings. The molecule has 1 aromatic heterocycles. The van der Waals surface area contributed by atoms with Gasteiger partial charge in [-0.2, -0.15) is 5.10 Å². The number of nitrogens with zero attached hydrogens (tertiary/aromatic N) is 4. The minimum atomic E-state index is 0.713. The van der Waals surface area contributed by atoms with E-state index in [-0.39, 0.29) is 0 Å². The zero-order valence-electron chi connectivity index (χ0n) is 14.5. The summed E-state index contributed by atoms with van der Waals surface area (Å²) in [6.07, 6.45) is 3.28. The lowest BCUT2D eigenvalue weighted by Crippen LogP contribution is -2.34. The van der Waals surface area contributed by atoms with Gasteiger partial charge in [-0.3, -0.25) is 4.99 Å². The van der Waals surface area contributed by atoms with E-state index >= 15 is 0 Å². The topological polar surface area (TPSA) is 67.1 Å². The van der Waals surface area contributed by atoms with Crippen molar-refractivity contribution in [3.63, 3.8) is 0 Å². The molecule has 0 saturated carbocycles. The predicted octanol–water partition coefficient (Wildman–Crippen LogP) is 2.29. The van der Waals surface area contributed by atoms with Crippen molar-refractivity contribution in [2.24, 2.45) is 4.99 Å². The largest absolute Gasteiger partial charge is 0.359 e. The van der Waals surface area contributed by atoms with Gasteiger partial charge in [-0.1, -0.05) is 48.5 Å². The first kappa shape index (κ1) is 16.7. The maximum absolute atomic E-state index is 4.15. The summed E-state index contributed by atoms with van der Waals surface area (Å²) in [5.41, 5.74) is 4.83. The van der Waals surface area contributed by atoms with Gasteiger partial charge in [-0.05, 0) is 22.3 Å². The molecule has 6 nitrogen and oxygen atoms in total. The molecule has 2 aromatic carbocycles. The second kappa shape index (κ2) is 8.10. The highest BCUT2D eigenvalue weighted by Gasteiger charge is 2.06. The van der Waals surface area contributed by atoms with Gasteiger partial charge in [0.15, 0.2) is 5.96 Å². The number of aromatic nitrogens is 3. The first-order valence-electron chi connectivity index (χ1n) is 8.18. The Labute approximate surface area is 147 Å². The van der Waals surface area contributed by atoms with Crippen molar-refractivity contribution in [2.75, 3.05) is 14.1 Å². The van der Waals surface area contributed by atoms with Crippen LogP contribution >= 0.6 is 0 Å². The van der Waals surface area contributed by atoms with E-state index in [9.17, 15) is 0 Å². The lowest BCUT2D eigenvalue weighted by Gasteiger charge is -2.13. The van der Waals surface area contributed by atoms with Crippen molar-refractivity contribution in [2.45, 2.75) is 13.1 Å². The zero-order valence-corrected chi connectivity index (χ0v) is 14.5. The summed E-state index contributed by atoms with van der Waals surface area (Å²) in [5, 5.41) is 10.5. The Bertz CT molecular complexity index is 821. The van der Waals surface area contributed by atoms with E-state index < -0.39 is 0 Å². The Morgan fingerprint density at radius 3 is 2.60 bits per heavy atom. The molecular weight excluding hydrogens is 312 g/mol. The van der Waals surface area contributed by atoms with E-state index in [1.807, 2.05) is 11.7 Å². The average molecular weight is 334 g/mol. The Morgan fingerprint density at radius 1 is 1.12 bits per heavy atom. The van der Waals surface area contributed by atoms with Gasteiger partial charge in [0.25, 0.3) is 0 Å². The van der Waals surface area contributed by atoms with Gasteiger partial charge in [0.05, 0.1) is 6.54 Å². The van der Waals surface area contributed by atoms with E-state index in [0.29, 0.717) is 6.54 Å². The minimum absolute atomic E-state index is 0.713. The number of guanidine groups is 1. The molecule has 0 amide bonds. The van der Waals surface area contributed by atoms with Crippen LogP contribution < -0.4 is 10.6 Å². The van der Waals surface area contributed by atoms with Crippen LogP contribution in [0.25, 0.3) is 11.1 Å². The first-order chi connectivity index (χ1) is 12.3. The molecule has 0 aliphatic heterocycles. The number of aliphatic imine (C=N–C) groups is 1. The first-order valence-corrected chi connectivity index (χ1v) is 8.18. The molecular formula is C19H22N6. The van der Waals surface area contributed by atoms with Gasteiger partial charge in [-0.25, -0.2) is 9.67 Å². The van der Waals surface area contributed by atoms with E-state index in [1.54, 1.807) is 19.7 Å². The van der Waals surface area contributed by atoms with Crippen LogP contribution in [0, 0.1) is 0 Å². The number of hydrogen-bond donors (Lipinski definition) is 2. The summed E-state index contributed by atoms with van der Waals surface area (Å²) >= 11 is 0. The lowest BCUT2D eigenvalue weighted by molar-refractivity contribution is 0.685. The maximum atomic E-state index is 4.15. The molecule has 0 atom stereocenters. The highest BCUT2D eigenvalue weighted by atomic mass is 15.3. The highest BCUT2D eigenvalue weighted by molar-refractivity contribution is 5.79. The molecule has 0 bridgehead atoms. The van der Waals surface area contributed by atoms with Gasteiger partial charge < -0.3 is 10.6 Å². The molecule has 0 unspecified atom stereocenters. The van der Waals surface area contributed by atoms with Crippen LogP contribution in [0.3, 0.4) is 0 Å². The van der Waals surface area contributed by atoms with Gasteiger partial charge in [0.2, 0.25) is 0 Å². The van der Waals surface area contributed by atoms with Crippen molar-refractivity contribution in [1.29, 1.82) is 0 Å². The fourth-order valence-corrected chi connectivity index (χ4v) is 2.71. The molecule has 25 heavy (non-hydrogen) atoms. The third-order valence-electron chi connectivity index (χ3n) is 4.00. The molecule has 3 aromatic rings. The molecule has 0 radical (unpaired) electrons. The SMILES string of the molecule is CN=C(NC)NCc1ccccc1-c1ccc(Cn2cncn2)cc1. The van der Waals surface area contributed by atoms with Crippen LogP contribution in [0.1, 0.15) is 11.1 Å². The molecule has 0 aliphatic carbocycles. The minimum Gasteiger partial charge on any atom is -0.359 e. The predicted molar refractivity (Wildman–Crippen MR) is 100 cm³/mol. The Balaban J connectivity index is 1.77. The van der Waals surface area contributed by atoms with Crippen LogP contribution in [0.5, 0.6) is 0 Å². The second-order valence-electron chi connectivity index (χ2n) is 5.62. The quantitative estimate of drug-likeness (QED) is 0.555. The van der Waals surface area contributed by atoms with Crippen LogP contribution in [-0.2, 0) is 13.1 Å². The normalized spacial score (nSPS) is 11.4. The molecule has 2 N–H and O–H groups in total. The third-order valence-corrected chi connectivity index (χ3v) is 4.00. The van der Waals surface area contributed by atoms with E-state index in [0.717, 1.165) is 12.5 Å². The molecule has 128 valence electrons. The fraction of sp³-hybridized carbons (Fsp3) is 0.211. The van der Waals surface area contributed by atoms with E-state index in [1.165, 1.54) is 22.3 Å². The summed E-state index contributed by atoms with van der Waals surface area (Å²) in [4.78, 5) is 8.13. The van der Waals surface area contributed by atoms with Crippen molar-refractivity contribution in [3.05, 3.63) is 72.3 Å². The van der Waals surface area contributed by atoms with Crippen LogP contribution in [0.15, 0.2) is 66.2 Å². The monoisotopic (exact) mass is 334 g/mol. The van der Waals surface area contributed by atoms with Gasteiger partial charge in [-0.15, -0.1) is 0 Å². The Kier molecular flexibility index (Phi) is 5.41. The zero-order chi connectivity index (χ0) is 17.5. The van der Waals surface area contributed by atoms with Crippen LogP contribution in [0.4, 0.5) is 0 Å². The number of benzene rings is 2. The number of rotatable bonds is 5. The van der Waals surface area contributed by atoms with Crippen molar-refractivity contribution in [1.82, 2.24) is 25.4 Å². The number of nitrogens with one attached hydrogen (secondary N) is 2. The molecule has 0 saturated heterocycles. The average Bonchev–Trinajstić information content (AvgIpc) is 3.17. The maximum Gasteiger partial charge on any atom is 0.190 e. The summed E-state index contributed by atoms with van der Waals surface area (Å²) in [6.45, 7) is 1.44. The summed E-state index contributed by atoms with van der Waals surface area (Å²) in [6, 6.07) is 17.0. The van der Waals surface area contributed by atoms with Crippen molar-refractivity contribution in [3.8, 4) is 11.1 Å². The molecule has 3 rings (SSSR count). The Hall–Kier alpha value is -3.15. The highest BCUT2D eigenvalue weighted by Crippen LogP contribution is 2.24. The van der Waals surface area contributed by atoms with Gasteiger partial charge >= 0.3 is 0 Å². The lowest BCUT2D eigenvalue weighted by atomic mass is 9.98. The summed E-state index contributed by atoms with van der Waals surface area (Å²) < 4.78 is 1.82. The summed E-state index contributed by atoms with van der Waals surface area (Å²) in [7, 11) is 3.62. The van der Waals surface area contributed by atoms with Gasteiger partial charge in [0, 0.05) is 20.6 Å². The van der Waals surface area contributed by atoms with E-state index in [4.69, 9.17) is 0 Å². The van der Waals surface area contributed by atoms with Crippen molar-refractivity contribution < 1.29 is 0 Å². The molecule has 0 spiro atoms. The molecule has 6 heteroatoms. The van der Waals surface area contributed by atoms with Crippen LogP contribution in [-0.4, -0.2) is 34.8 Å². The molecule has 1 heterocycles. The second-order valence-corrected chi connectivity index (χ2v) is 5.62. The smallest absolute Gasteiger partial charge is 0.190 e. The van der Waals surface area contributed by atoms with E-state index in [2.05, 4.69) is 74.2 Å².